The van der Waals surface area contributed by atoms with E-state index in [9.17, 15) is 19.5 Å². The number of rotatable bonds is 34. The first kappa shape index (κ1) is 56.7. The zero-order valence-corrected chi connectivity index (χ0v) is 43.5. The Morgan fingerprint density at radius 3 is 1.54 bits per heavy atom. The van der Waals surface area contributed by atoms with Gasteiger partial charge in [0.1, 0.15) is 24.4 Å². The molecule has 2 unspecified atom stereocenters. The Balaban J connectivity index is 1.34. The van der Waals surface area contributed by atoms with Crippen molar-refractivity contribution in [1.29, 1.82) is 0 Å². The lowest BCUT2D eigenvalue weighted by molar-refractivity contribution is -0.259. The maximum atomic E-state index is 14.1. The summed E-state index contributed by atoms with van der Waals surface area (Å²) in [6.45, 7) is 9.80. The number of ether oxygens (including phenoxy) is 4. The second-order valence-electron chi connectivity index (χ2n) is 20.2. The van der Waals surface area contributed by atoms with Crippen molar-refractivity contribution in [3.63, 3.8) is 0 Å². The van der Waals surface area contributed by atoms with Gasteiger partial charge < -0.3 is 33.8 Å². The predicted molar refractivity (Wildman–Crippen MR) is 275 cm³/mol. The van der Waals surface area contributed by atoms with Gasteiger partial charge >= 0.3 is 11.9 Å². The molecule has 10 nitrogen and oxygen atoms in total. The number of aliphatic hydroxyl groups is 1. The van der Waals surface area contributed by atoms with E-state index in [-0.39, 0.29) is 31.3 Å². The summed E-state index contributed by atoms with van der Waals surface area (Å²) in [5.41, 5.74) is 3.54. The summed E-state index contributed by atoms with van der Waals surface area (Å²) >= 11 is 0. The van der Waals surface area contributed by atoms with Gasteiger partial charge in [-0.25, -0.2) is 0 Å². The third kappa shape index (κ3) is 24.6. The van der Waals surface area contributed by atoms with Crippen LogP contribution in [-0.4, -0.2) is 80.9 Å². The van der Waals surface area contributed by atoms with Gasteiger partial charge in [-0.1, -0.05) is 155 Å². The summed E-state index contributed by atoms with van der Waals surface area (Å²) in [5.74, 6) is -1.12. The molecule has 0 bridgehead atoms. The van der Waals surface area contributed by atoms with Crippen molar-refractivity contribution >= 4 is 26.9 Å². The number of hydrogen-bond donors (Lipinski definition) is 2. The number of nitrogens with one attached hydrogen (secondary N) is 1. The summed E-state index contributed by atoms with van der Waals surface area (Å²) in [6, 6.07) is 30.6. The standard InChI is InChI=1S/C57H87NO9Si/c1-57(2,3)63-44-49-54(62)55(66-52(61)42-30-13-9-7-11-20-32-46-36-24-17-25-37-46)53(56(65-49)67-68(4)5)58-50(59)43-48(40-28-15-14-21-33-47-38-26-18-27-39-47)64-51(60)41-29-12-8-6-10-19-31-45-34-22-16-23-35-45/h16-18,22-27,34-39,48-49,53-56,62,68H,6-15,19-21,28-33,40-44H2,1-5H3,(H,58,59)/t48?,49-,53-,54-,55-,56?/m1/s1. The molecule has 0 radical (unpaired) electrons. The smallest absolute Gasteiger partial charge is 0.306 e. The number of amides is 1. The van der Waals surface area contributed by atoms with Crippen molar-refractivity contribution in [2.75, 3.05) is 6.61 Å². The monoisotopic (exact) mass is 958 g/mol. The molecule has 0 spiro atoms. The zero-order chi connectivity index (χ0) is 48.8. The molecule has 1 fully saturated rings. The van der Waals surface area contributed by atoms with E-state index in [1.54, 1.807) is 0 Å². The minimum Gasteiger partial charge on any atom is -0.462 e. The summed E-state index contributed by atoms with van der Waals surface area (Å²) in [5, 5.41) is 14.9. The highest BCUT2D eigenvalue weighted by Gasteiger charge is 2.49. The highest BCUT2D eigenvalue weighted by atomic mass is 28.3. The van der Waals surface area contributed by atoms with E-state index in [0.717, 1.165) is 116 Å². The number of esters is 2. The molecule has 4 rings (SSSR count). The first-order valence-corrected chi connectivity index (χ1v) is 29.1. The molecule has 1 aliphatic heterocycles. The molecule has 11 heteroatoms. The van der Waals surface area contributed by atoms with Crippen molar-refractivity contribution in [1.82, 2.24) is 5.32 Å². The van der Waals surface area contributed by atoms with Gasteiger partial charge in [0.25, 0.3) is 0 Å². The zero-order valence-electron chi connectivity index (χ0n) is 42.4. The molecule has 1 amide bonds. The van der Waals surface area contributed by atoms with Crippen LogP contribution in [0.5, 0.6) is 0 Å². The van der Waals surface area contributed by atoms with E-state index in [1.807, 2.05) is 52.1 Å². The quantitative estimate of drug-likeness (QED) is 0.0341. The van der Waals surface area contributed by atoms with Crippen molar-refractivity contribution in [2.45, 2.75) is 224 Å². The molecule has 1 aliphatic rings. The molecule has 378 valence electrons. The minimum atomic E-state index is -1.78. The molecule has 1 saturated heterocycles. The Morgan fingerprint density at radius 1 is 0.632 bits per heavy atom. The van der Waals surface area contributed by atoms with Gasteiger partial charge in [0, 0.05) is 12.8 Å². The van der Waals surface area contributed by atoms with Crippen LogP contribution < -0.4 is 5.32 Å². The molecule has 1 heterocycles. The SMILES string of the molecule is C[SiH](C)OC1O[C@H](COC(C)(C)C)[C@@H](O)[C@H](OC(=O)CCCCCCCCc2ccccc2)[C@H]1NC(=O)CC(CCCCCCc1ccccc1)OC(=O)CCCCCCCCc1ccccc1. The second-order valence-corrected chi connectivity index (χ2v) is 22.5. The van der Waals surface area contributed by atoms with Crippen LogP contribution in [0, 0.1) is 0 Å². The summed E-state index contributed by atoms with van der Waals surface area (Å²) in [4.78, 5) is 41.0. The van der Waals surface area contributed by atoms with Crippen LogP contribution in [0.25, 0.3) is 0 Å². The van der Waals surface area contributed by atoms with Crippen LogP contribution in [0.3, 0.4) is 0 Å². The summed E-state index contributed by atoms with van der Waals surface area (Å²) in [7, 11) is -1.78. The van der Waals surface area contributed by atoms with E-state index >= 15 is 0 Å². The Morgan fingerprint density at radius 2 is 1.07 bits per heavy atom. The lowest BCUT2D eigenvalue weighted by Gasteiger charge is -2.45. The topological polar surface area (TPSA) is 130 Å². The lowest BCUT2D eigenvalue weighted by Crippen LogP contribution is -2.66. The first-order valence-electron chi connectivity index (χ1n) is 26.3. The first-order chi connectivity index (χ1) is 32.9. The number of unbranched alkanes of at least 4 members (excludes halogenated alkanes) is 13. The molecule has 68 heavy (non-hydrogen) atoms. The molecule has 0 saturated carbocycles. The van der Waals surface area contributed by atoms with Crippen molar-refractivity contribution in [3.05, 3.63) is 108 Å². The van der Waals surface area contributed by atoms with Crippen LogP contribution in [-0.2, 0) is 57.0 Å². The van der Waals surface area contributed by atoms with Crippen LogP contribution in [0.15, 0.2) is 91.0 Å². The number of benzene rings is 3. The summed E-state index contributed by atoms with van der Waals surface area (Å²) < 4.78 is 30.9. The Labute approximate surface area is 411 Å². The van der Waals surface area contributed by atoms with Gasteiger partial charge in [0.2, 0.25) is 5.91 Å². The largest absolute Gasteiger partial charge is 0.462 e. The number of carbonyl (C=O) groups excluding carboxylic acids is 3. The molecule has 3 aromatic carbocycles. The maximum Gasteiger partial charge on any atom is 0.306 e. The van der Waals surface area contributed by atoms with E-state index in [2.05, 4.69) is 78.1 Å². The Bertz CT molecular complexity index is 1790. The molecule has 6 atom stereocenters. The third-order valence-corrected chi connectivity index (χ3v) is 13.3. The predicted octanol–water partition coefficient (Wildman–Crippen LogP) is 11.7. The maximum absolute atomic E-state index is 14.1. The van der Waals surface area contributed by atoms with Gasteiger partial charge in [-0.2, -0.15) is 0 Å². The van der Waals surface area contributed by atoms with Crippen molar-refractivity contribution in [3.8, 4) is 0 Å². The van der Waals surface area contributed by atoms with E-state index in [1.165, 1.54) is 16.7 Å². The average molecular weight is 958 g/mol. The highest BCUT2D eigenvalue weighted by molar-refractivity contribution is 6.48. The van der Waals surface area contributed by atoms with E-state index in [0.29, 0.717) is 19.3 Å². The lowest BCUT2D eigenvalue weighted by atomic mass is 9.96. The van der Waals surface area contributed by atoms with Gasteiger partial charge in [-0.3, -0.25) is 14.4 Å². The van der Waals surface area contributed by atoms with Crippen molar-refractivity contribution < 1.29 is 42.9 Å². The average Bonchev–Trinajstić information content (AvgIpc) is 3.31. The molecular weight excluding hydrogens is 871 g/mol. The number of hydrogen-bond acceptors (Lipinski definition) is 9. The van der Waals surface area contributed by atoms with Crippen LogP contribution in [0.2, 0.25) is 13.1 Å². The fraction of sp³-hybridized carbons (Fsp3) is 0.632. The van der Waals surface area contributed by atoms with Gasteiger partial charge in [-0.15, -0.1) is 0 Å². The number of aryl methyl sites for hydroxylation is 3. The normalized spacial score (nSPS) is 18.8. The van der Waals surface area contributed by atoms with E-state index < -0.39 is 57.4 Å². The van der Waals surface area contributed by atoms with E-state index in [4.69, 9.17) is 23.4 Å². The summed E-state index contributed by atoms with van der Waals surface area (Å²) in [6.07, 6.45) is 15.3. The Kier molecular flexibility index (Phi) is 27.4. The highest BCUT2D eigenvalue weighted by Crippen LogP contribution is 2.28. The second kappa shape index (κ2) is 32.8. The van der Waals surface area contributed by atoms with Gasteiger partial charge in [0.05, 0.1) is 18.6 Å². The molecule has 2 N–H and O–H groups in total. The fourth-order valence-electron chi connectivity index (χ4n) is 8.77. The number of aliphatic hydroxyl groups excluding tert-OH is 1. The number of carbonyl (C=O) groups is 3. The van der Waals surface area contributed by atoms with Crippen LogP contribution >= 0.6 is 0 Å². The third-order valence-electron chi connectivity index (χ3n) is 12.5. The van der Waals surface area contributed by atoms with Gasteiger partial charge in [0.15, 0.2) is 21.4 Å². The van der Waals surface area contributed by atoms with Crippen LogP contribution in [0.4, 0.5) is 0 Å². The molecule has 3 aromatic rings. The van der Waals surface area contributed by atoms with Crippen molar-refractivity contribution in [2.24, 2.45) is 0 Å². The minimum absolute atomic E-state index is 0.0425. The van der Waals surface area contributed by atoms with Gasteiger partial charge in [-0.05, 0) is 115 Å². The fourth-order valence-corrected chi connectivity index (χ4v) is 9.54. The molecule has 0 aromatic heterocycles. The van der Waals surface area contributed by atoms with Crippen LogP contribution in [0.1, 0.15) is 166 Å². The Hall–Kier alpha value is -3.87. The molecule has 0 aliphatic carbocycles. The molecular formula is C57H87NO9Si.